The number of methoxy groups -OCH3 is 1. The third kappa shape index (κ3) is 4.70. The molecule has 1 unspecified atom stereocenters. The van der Waals surface area contributed by atoms with Gasteiger partial charge in [0.2, 0.25) is 15.8 Å². The monoisotopic (exact) mass is 423 g/mol. The lowest BCUT2D eigenvalue weighted by atomic mass is 9.93. The molecule has 0 spiro atoms. The van der Waals surface area contributed by atoms with E-state index in [1.54, 1.807) is 49.6 Å². The molecule has 0 saturated heterocycles. The Balaban J connectivity index is 1.86. The molecule has 0 amide bonds. The molecule has 8 heteroatoms. The van der Waals surface area contributed by atoms with Crippen LogP contribution in [0.2, 0.25) is 0 Å². The molecule has 1 aromatic heterocycles. The third-order valence-corrected chi connectivity index (χ3v) is 5.32. The summed E-state index contributed by atoms with van der Waals surface area (Å²) < 4.78 is 30.3. The van der Waals surface area contributed by atoms with Crippen molar-refractivity contribution < 1.29 is 17.9 Å². The second kappa shape index (κ2) is 8.43. The summed E-state index contributed by atoms with van der Waals surface area (Å²) in [7, 11) is -1.87. The fraction of sp³-hybridized carbons (Fsp3) is 0.182. The number of nitrogens with one attached hydrogen (secondary N) is 2. The number of carbonyl (C=O) groups is 1. The van der Waals surface area contributed by atoms with Gasteiger partial charge in [0.1, 0.15) is 5.75 Å². The predicted octanol–water partition coefficient (Wildman–Crippen LogP) is 3.65. The average molecular weight is 423 g/mol. The summed E-state index contributed by atoms with van der Waals surface area (Å²) in [6, 6.07) is 17.3. The first-order valence-corrected chi connectivity index (χ1v) is 11.0. The van der Waals surface area contributed by atoms with E-state index in [9.17, 15) is 18.5 Å². The van der Waals surface area contributed by atoms with Crippen molar-refractivity contribution in [3.63, 3.8) is 0 Å². The number of aromatic nitrogens is 1. The molecular weight excluding hydrogens is 402 g/mol. The number of nitriles is 1. The Morgan fingerprint density at radius 1 is 1.13 bits per heavy atom. The first-order chi connectivity index (χ1) is 14.2. The second-order valence-corrected chi connectivity index (χ2v) is 8.64. The minimum absolute atomic E-state index is 0.149. The maximum absolute atomic E-state index is 12.7. The van der Waals surface area contributed by atoms with Gasteiger partial charge in [0.05, 0.1) is 30.7 Å². The highest BCUT2D eigenvalue weighted by Crippen LogP contribution is 2.29. The standard InChI is InChI=1S/C22H21N3O4S/c1-14(19-9-6-17(12-16(19)13-23)25-30(3,27)28)20-10-11-21(24-20)22(26)15-4-7-18(29-2)8-5-15/h4-12,14,24-25H,1-3H3. The van der Waals surface area contributed by atoms with Gasteiger partial charge in [0.15, 0.2) is 0 Å². The Morgan fingerprint density at radius 2 is 1.83 bits per heavy atom. The highest BCUT2D eigenvalue weighted by molar-refractivity contribution is 7.92. The number of H-pyrrole nitrogens is 1. The Kier molecular flexibility index (Phi) is 5.94. The summed E-state index contributed by atoms with van der Waals surface area (Å²) in [5, 5.41) is 9.52. The number of sulfonamides is 1. The first kappa shape index (κ1) is 21.1. The second-order valence-electron chi connectivity index (χ2n) is 6.89. The van der Waals surface area contributed by atoms with Gasteiger partial charge in [-0.15, -0.1) is 0 Å². The lowest BCUT2D eigenvalue weighted by Crippen LogP contribution is -2.10. The molecule has 0 aliphatic heterocycles. The van der Waals surface area contributed by atoms with Crippen molar-refractivity contribution in [2.24, 2.45) is 0 Å². The van der Waals surface area contributed by atoms with E-state index in [0.29, 0.717) is 28.3 Å². The SMILES string of the molecule is COc1ccc(C(=O)c2ccc(C(C)c3ccc(NS(C)(=O)=O)cc3C#N)[nH]2)cc1. The fourth-order valence-electron chi connectivity index (χ4n) is 3.17. The van der Waals surface area contributed by atoms with Crippen LogP contribution in [-0.4, -0.2) is 32.6 Å². The number of rotatable bonds is 7. The summed E-state index contributed by atoms with van der Waals surface area (Å²) in [5.74, 6) is 0.318. The van der Waals surface area contributed by atoms with Gasteiger partial charge < -0.3 is 9.72 Å². The number of benzene rings is 2. The lowest BCUT2D eigenvalue weighted by Gasteiger charge is -2.14. The van der Waals surface area contributed by atoms with Crippen molar-refractivity contribution in [1.29, 1.82) is 5.26 Å². The van der Waals surface area contributed by atoms with E-state index in [2.05, 4.69) is 15.8 Å². The molecule has 0 aliphatic carbocycles. The zero-order valence-corrected chi connectivity index (χ0v) is 17.6. The zero-order chi connectivity index (χ0) is 21.9. The molecule has 0 saturated carbocycles. The number of nitrogens with zero attached hydrogens (tertiary/aromatic N) is 1. The normalized spacial score (nSPS) is 12.1. The quantitative estimate of drug-likeness (QED) is 0.563. The van der Waals surface area contributed by atoms with E-state index in [1.807, 2.05) is 13.0 Å². The minimum Gasteiger partial charge on any atom is -0.497 e. The fourth-order valence-corrected chi connectivity index (χ4v) is 3.73. The number of hydrogen-bond acceptors (Lipinski definition) is 5. The number of anilines is 1. The van der Waals surface area contributed by atoms with E-state index in [0.717, 1.165) is 17.5 Å². The van der Waals surface area contributed by atoms with E-state index in [4.69, 9.17) is 4.74 Å². The molecule has 7 nitrogen and oxygen atoms in total. The van der Waals surface area contributed by atoms with Crippen LogP contribution in [0.25, 0.3) is 0 Å². The lowest BCUT2D eigenvalue weighted by molar-refractivity contribution is 0.103. The molecule has 0 aliphatic rings. The molecule has 0 fully saturated rings. The van der Waals surface area contributed by atoms with Crippen molar-refractivity contribution in [2.45, 2.75) is 12.8 Å². The van der Waals surface area contributed by atoms with Crippen LogP contribution >= 0.6 is 0 Å². The van der Waals surface area contributed by atoms with Crippen LogP contribution in [-0.2, 0) is 10.0 Å². The molecule has 0 radical (unpaired) electrons. The summed E-state index contributed by atoms with van der Waals surface area (Å²) in [4.78, 5) is 15.9. The van der Waals surface area contributed by atoms with Gasteiger partial charge in [0, 0.05) is 22.9 Å². The van der Waals surface area contributed by atoms with Gasteiger partial charge in [-0.1, -0.05) is 13.0 Å². The van der Waals surface area contributed by atoms with E-state index in [-0.39, 0.29) is 11.7 Å². The number of aromatic amines is 1. The van der Waals surface area contributed by atoms with Crippen molar-refractivity contribution in [2.75, 3.05) is 18.1 Å². The number of ether oxygens (including phenoxy) is 1. The van der Waals surface area contributed by atoms with Crippen molar-refractivity contribution in [1.82, 2.24) is 4.98 Å². The van der Waals surface area contributed by atoms with Gasteiger partial charge in [0.25, 0.3) is 0 Å². The molecule has 154 valence electrons. The third-order valence-electron chi connectivity index (χ3n) is 4.72. The van der Waals surface area contributed by atoms with Gasteiger partial charge in [-0.25, -0.2) is 8.42 Å². The van der Waals surface area contributed by atoms with E-state index in [1.165, 1.54) is 6.07 Å². The molecular formula is C22H21N3O4S. The molecule has 2 aromatic carbocycles. The number of carbonyl (C=O) groups excluding carboxylic acids is 1. The van der Waals surface area contributed by atoms with Crippen LogP contribution in [0.1, 0.15) is 45.7 Å². The molecule has 1 atom stereocenters. The van der Waals surface area contributed by atoms with Gasteiger partial charge >= 0.3 is 0 Å². The van der Waals surface area contributed by atoms with Crippen molar-refractivity contribution >= 4 is 21.5 Å². The van der Waals surface area contributed by atoms with Crippen molar-refractivity contribution in [3.8, 4) is 11.8 Å². The Morgan fingerprint density at radius 3 is 2.43 bits per heavy atom. The van der Waals surface area contributed by atoms with Gasteiger partial charge in [-0.05, 0) is 54.1 Å². The molecule has 30 heavy (non-hydrogen) atoms. The molecule has 1 heterocycles. The largest absolute Gasteiger partial charge is 0.497 e. The Bertz CT molecular complexity index is 1220. The first-order valence-electron chi connectivity index (χ1n) is 9.11. The summed E-state index contributed by atoms with van der Waals surface area (Å²) in [5.41, 5.74) is 3.15. The average Bonchev–Trinajstić information content (AvgIpc) is 3.21. The van der Waals surface area contributed by atoms with Crippen LogP contribution in [0.3, 0.4) is 0 Å². The molecule has 3 aromatic rings. The molecule has 3 rings (SSSR count). The van der Waals surface area contributed by atoms with Gasteiger partial charge in [-0.2, -0.15) is 5.26 Å². The highest BCUT2D eigenvalue weighted by Gasteiger charge is 2.18. The van der Waals surface area contributed by atoms with Crippen LogP contribution in [0.15, 0.2) is 54.6 Å². The van der Waals surface area contributed by atoms with Crippen LogP contribution < -0.4 is 9.46 Å². The smallest absolute Gasteiger partial charge is 0.229 e. The van der Waals surface area contributed by atoms with E-state index >= 15 is 0 Å². The number of ketones is 1. The van der Waals surface area contributed by atoms with Crippen molar-refractivity contribution in [3.05, 3.63) is 82.7 Å². The Labute approximate surface area is 175 Å². The minimum atomic E-state index is -3.44. The summed E-state index contributed by atoms with van der Waals surface area (Å²) in [6.07, 6.45) is 1.05. The summed E-state index contributed by atoms with van der Waals surface area (Å²) >= 11 is 0. The molecule has 2 N–H and O–H groups in total. The predicted molar refractivity (Wildman–Crippen MR) is 114 cm³/mol. The van der Waals surface area contributed by atoms with E-state index < -0.39 is 10.0 Å². The topological polar surface area (TPSA) is 112 Å². The molecule has 0 bridgehead atoms. The Hall–Kier alpha value is -3.57. The highest BCUT2D eigenvalue weighted by atomic mass is 32.2. The number of hydrogen-bond donors (Lipinski definition) is 2. The van der Waals surface area contributed by atoms with Crippen LogP contribution in [0.5, 0.6) is 5.75 Å². The zero-order valence-electron chi connectivity index (χ0n) is 16.8. The van der Waals surface area contributed by atoms with Crippen LogP contribution in [0.4, 0.5) is 5.69 Å². The maximum Gasteiger partial charge on any atom is 0.229 e. The van der Waals surface area contributed by atoms with Gasteiger partial charge in [-0.3, -0.25) is 9.52 Å². The summed E-state index contributed by atoms with van der Waals surface area (Å²) in [6.45, 7) is 1.91. The maximum atomic E-state index is 12.7. The van der Waals surface area contributed by atoms with Crippen LogP contribution in [0, 0.1) is 11.3 Å².